The summed E-state index contributed by atoms with van der Waals surface area (Å²) in [6.07, 6.45) is 5.06. The molecule has 124 valence electrons. The quantitative estimate of drug-likeness (QED) is 0.618. The summed E-state index contributed by atoms with van der Waals surface area (Å²) in [4.78, 5) is 8.75. The Labute approximate surface area is 136 Å². The lowest BCUT2D eigenvalue weighted by atomic mass is 9.95. The number of hydrogen-bond donors (Lipinski definition) is 2. The summed E-state index contributed by atoms with van der Waals surface area (Å²) in [7, 11) is 0. The third kappa shape index (κ3) is 5.51. The van der Waals surface area contributed by atoms with Crippen LogP contribution in [0.3, 0.4) is 0 Å². The van der Waals surface area contributed by atoms with Gasteiger partial charge in [-0.25, -0.2) is 4.99 Å². The van der Waals surface area contributed by atoms with Gasteiger partial charge in [0.2, 0.25) is 5.89 Å². The van der Waals surface area contributed by atoms with E-state index in [1.165, 1.54) is 31.4 Å². The van der Waals surface area contributed by atoms with Crippen molar-refractivity contribution in [3.63, 3.8) is 0 Å². The molecule has 1 saturated carbocycles. The Kier molecular flexibility index (Phi) is 7.02. The number of guanidine groups is 1. The predicted molar refractivity (Wildman–Crippen MR) is 91.2 cm³/mol. The van der Waals surface area contributed by atoms with Crippen LogP contribution in [-0.2, 0) is 6.54 Å². The molecule has 2 atom stereocenters. The van der Waals surface area contributed by atoms with Crippen molar-refractivity contribution in [2.75, 3.05) is 12.3 Å². The van der Waals surface area contributed by atoms with Crippen molar-refractivity contribution >= 4 is 17.7 Å². The summed E-state index contributed by atoms with van der Waals surface area (Å²) in [5, 5.41) is 11.5. The smallest absolute Gasteiger partial charge is 0.223 e. The lowest BCUT2D eigenvalue weighted by Gasteiger charge is -2.30. The standard InChI is InChI=1S/C15H27N5OS/c1-4-16-15(17-10-14-18-11(3)21-20-14)19-12-7-6-8-13(9-12)22-5-2/h12-13H,4-10H2,1-3H3,(H2,16,17,19). The van der Waals surface area contributed by atoms with E-state index in [1.54, 1.807) is 6.92 Å². The van der Waals surface area contributed by atoms with Crippen molar-refractivity contribution in [3.05, 3.63) is 11.7 Å². The Hall–Kier alpha value is -1.24. The van der Waals surface area contributed by atoms with E-state index in [9.17, 15) is 0 Å². The molecule has 0 aromatic carbocycles. The number of aromatic nitrogens is 2. The van der Waals surface area contributed by atoms with E-state index in [-0.39, 0.29) is 0 Å². The summed E-state index contributed by atoms with van der Waals surface area (Å²) in [6.45, 7) is 7.38. The van der Waals surface area contributed by atoms with Gasteiger partial charge >= 0.3 is 0 Å². The topological polar surface area (TPSA) is 75.3 Å². The van der Waals surface area contributed by atoms with Crippen LogP contribution in [0.5, 0.6) is 0 Å². The van der Waals surface area contributed by atoms with Crippen molar-refractivity contribution in [2.24, 2.45) is 4.99 Å². The number of nitrogens with one attached hydrogen (secondary N) is 2. The van der Waals surface area contributed by atoms with Crippen molar-refractivity contribution < 1.29 is 4.52 Å². The first-order chi connectivity index (χ1) is 10.7. The largest absolute Gasteiger partial charge is 0.357 e. The highest BCUT2D eigenvalue weighted by molar-refractivity contribution is 7.99. The molecule has 2 unspecified atom stereocenters. The minimum absolute atomic E-state index is 0.437. The minimum Gasteiger partial charge on any atom is -0.357 e. The molecule has 0 aliphatic heterocycles. The molecule has 1 aliphatic rings. The summed E-state index contributed by atoms with van der Waals surface area (Å²) in [5.74, 6) is 3.24. The highest BCUT2D eigenvalue weighted by atomic mass is 32.2. The first-order valence-corrected chi connectivity index (χ1v) is 9.21. The van der Waals surface area contributed by atoms with Crippen molar-refractivity contribution in [3.8, 4) is 0 Å². The van der Waals surface area contributed by atoms with Gasteiger partial charge in [-0.05, 0) is 31.9 Å². The number of hydrogen-bond acceptors (Lipinski definition) is 5. The fourth-order valence-corrected chi connectivity index (χ4v) is 3.90. The van der Waals surface area contributed by atoms with Gasteiger partial charge in [-0.1, -0.05) is 18.5 Å². The normalized spacial score (nSPS) is 22.6. The van der Waals surface area contributed by atoms with Crippen LogP contribution in [0.15, 0.2) is 9.52 Å². The van der Waals surface area contributed by atoms with Gasteiger partial charge in [0, 0.05) is 24.8 Å². The van der Waals surface area contributed by atoms with Crippen LogP contribution in [0, 0.1) is 6.92 Å². The van der Waals surface area contributed by atoms with Gasteiger partial charge in [-0.2, -0.15) is 16.7 Å². The van der Waals surface area contributed by atoms with Crippen molar-refractivity contribution in [1.29, 1.82) is 0 Å². The molecule has 1 heterocycles. The molecule has 22 heavy (non-hydrogen) atoms. The highest BCUT2D eigenvalue weighted by Crippen LogP contribution is 2.28. The molecular formula is C15H27N5OS. The molecule has 0 saturated heterocycles. The Morgan fingerprint density at radius 2 is 2.27 bits per heavy atom. The summed E-state index contributed by atoms with van der Waals surface area (Å²) >= 11 is 2.08. The van der Waals surface area contributed by atoms with E-state index >= 15 is 0 Å². The summed E-state index contributed by atoms with van der Waals surface area (Å²) in [5.41, 5.74) is 0. The average molecular weight is 325 g/mol. The van der Waals surface area contributed by atoms with Crippen LogP contribution in [0.2, 0.25) is 0 Å². The van der Waals surface area contributed by atoms with Crippen LogP contribution in [0.4, 0.5) is 0 Å². The molecule has 7 heteroatoms. The number of nitrogens with zero attached hydrogens (tertiary/aromatic N) is 3. The second kappa shape index (κ2) is 9.02. The molecule has 0 radical (unpaired) electrons. The van der Waals surface area contributed by atoms with Gasteiger partial charge in [-0.3, -0.25) is 0 Å². The van der Waals surface area contributed by atoms with Gasteiger partial charge in [0.15, 0.2) is 11.8 Å². The third-order valence-electron chi connectivity index (χ3n) is 3.66. The van der Waals surface area contributed by atoms with Crippen molar-refractivity contribution in [2.45, 2.75) is 64.3 Å². The minimum atomic E-state index is 0.437. The zero-order valence-corrected chi connectivity index (χ0v) is 14.6. The fourth-order valence-electron chi connectivity index (χ4n) is 2.73. The Morgan fingerprint density at radius 3 is 2.95 bits per heavy atom. The second-order valence-electron chi connectivity index (χ2n) is 5.51. The molecule has 1 aromatic rings. The predicted octanol–water partition coefficient (Wildman–Crippen LogP) is 2.50. The first kappa shape index (κ1) is 17.1. The second-order valence-corrected chi connectivity index (χ2v) is 7.09. The maximum atomic E-state index is 4.97. The van der Waals surface area contributed by atoms with Crippen LogP contribution in [0.1, 0.15) is 51.2 Å². The Bertz CT molecular complexity index is 474. The Morgan fingerprint density at radius 1 is 1.41 bits per heavy atom. The van der Waals surface area contributed by atoms with Gasteiger partial charge < -0.3 is 15.2 Å². The zero-order valence-electron chi connectivity index (χ0n) is 13.8. The first-order valence-electron chi connectivity index (χ1n) is 8.16. The van der Waals surface area contributed by atoms with Crippen LogP contribution < -0.4 is 10.6 Å². The molecule has 2 N–H and O–H groups in total. The van der Waals surface area contributed by atoms with Crippen molar-refractivity contribution in [1.82, 2.24) is 20.8 Å². The molecule has 1 fully saturated rings. The van der Waals surface area contributed by atoms with Gasteiger partial charge in [0.05, 0.1) is 0 Å². The molecule has 1 aromatic heterocycles. The molecular weight excluding hydrogens is 298 g/mol. The molecule has 0 amide bonds. The third-order valence-corrected chi connectivity index (χ3v) is 4.89. The van der Waals surface area contributed by atoms with Gasteiger partial charge in [0.1, 0.15) is 6.54 Å². The number of thioether (sulfide) groups is 1. The van der Waals surface area contributed by atoms with E-state index in [0.29, 0.717) is 24.3 Å². The molecule has 0 spiro atoms. The summed E-state index contributed by atoms with van der Waals surface area (Å²) < 4.78 is 4.97. The zero-order chi connectivity index (χ0) is 15.8. The van der Waals surface area contributed by atoms with E-state index in [0.717, 1.165) is 17.8 Å². The highest BCUT2D eigenvalue weighted by Gasteiger charge is 2.22. The maximum absolute atomic E-state index is 4.97. The summed E-state index contributed by atoms with van der Waals surface area (Å²) in [6, 6.07) is 0.502. The average Bonchev–Trinajstić information content (AvgIpc) is 2.91. The SMILES string of the molecule is CCNC(=NCc1noc(C)n1)NC1CCCC(SCC)C1. The lowest BCUT2D eigenvalue weighted by molar-refractivity contribution is 0.387. The number of aliphatic imine (C=N–C) groups is 1. The monoisotopic (exact) mass is 325 g/mol. The van der Waals surface area contributed by atoms with Crippen LogP contribution >= 0.6 is 11.8 Å². The van der Waals surface area contributed by atoms with E-state index in [4.69, 9.17) is 4.52 Å². The lowest BCUT2D eigenvalue weighted by Crippen LogP contribution is -2.45. The van der Waals surface area contributed by atoms with Gasteiger partial charge in [0.25, 0.3) is 0 Å². The molecule has 1 aliphatic carbocycles. The van der Waals surface area contributed by atoms with E-state index in [2.05, 4.69) is 51.4 Å². The molecule has 0 bridgehead atoms. The fraction of sp³-hybridized carbons (Fsp3) is 0.800. The Balaban J connectivity index is 1.89. The van der Waals surface area contributed by atoms with E-state index in [1.807, 2.05) is 0 Å². The van der Waals surface area contributed by atoms with Crippen LogP contribution in [0.25, 0.3) is 0 Å². The maximum Gasteiger partial charge on any atom is 0.223 e. The molecule has 6 nitrogen and oxygen atoms in total. The number of rotatable bonds is 6. The molecule has 2 rings (SSSR count). The van der Waals surface area contributed by atoms with Gasteiger partial charge in [-0.15, -0.1) is 0 Å². The number of aryl methyl sites for hydroxylation is 1. The van der Waals surface area contributed by atoms with E-state index < -0.39 is 0 Å². The van der Waals surface area contributed by atoms with Crippen LogP contribution in [-0.4, -0.2) is 39.7 Å².